The fourth-order valence-corrected chi connectivity index (χ4v) is 2.30. The molecule has 0 unspecified atom stereocenters. The molecule has 0 saturated heterocycles. The number of carbonyl (C=O) groups excluding carboxylic acids is 1. The highest BCUT2D eigenvalue weighted by molar-refractivity contribution is 5.96. The number of alkyl halides is 3. The minimum atomic E-state index is -4.40. The molecule has 1 aromatic heterocycles. The third-order valence-corrected chi connectivity index (χ3v) is 3.55. The summed E-state index contributed by atoms with van der Waals surface area (Å²) in [6.07, 6.45) is -2.91. The van der Waals surface area contributed by atoms with Crippen LogP contribution < -0.4 is 4.74 Å². The lowest BCUT2D eigenvalue weighted by Crippen LogP contribution is -2.04. The molecule has 0 fully saturated rings. The van der Waals surface area contributed by atoms with E-state index in [1.165, 1.54) is 25.4 Å². The first-order chi connectivity index (χ1) is 11.9. The minimum absolute atomic E-state index is 0.227. The molecule has 0 aliphatic heterocycles. The van der Waals surface area contributed by atoms with Crippen LogP contribution in [0.5, 0.6) is 11.6 Å². The van der Waals surface area contributed by atoms with E-state index in [0.29, 0.717) is 16.3 Å². The molecular weight excluding hydrogens is 335 g/mol. The zero-order valence-corrected chi connectivity index (χ0v) is 13.0. The van der Waals surface area contributed by atoms with Crippen molar-refractivity contribution in [3.05, 3.63) is 65.9 Å². The van der Waals surface area contributed by atoms with Crippen LogP contribution in [0.3, 0.4) is 0 Å². The predicted molar refractivity (Wildman–Crippen MR) is 84.6 cm³/mol. The summed E-state index contributed by atoms with van der Waals surface area (Å²) in [6.45, 7) is 0. The Labute approximate surface area is 140 Å². The van der Waals surface area contributed by atoms with Crippen molar-refractivity contribution >= 4 is 16.7 Å². The number of pyridine rings is 1. The number of methoxy groups -OCH3 is 1. The molecule has 1 heterocycles. The third-order valence-electron chi connectivity index (χ3n) is 3.55. The second kappa shape index (κ2) is 6.43. The molecule has 0 amide bonds. The van der Waals surface area contributed by atoms with E-state index in [-0.39, 0.29) is 11.6 Å². The number of halogens is 3. The fourth-order valence-electron chi connectivity index (χ4n) is 2.30. The summed E-state index contributed by atoms with van der Waals surface area (Å²) in [5.74, 6) is -0.0114. The maximum absolute atomic E-state index is 12.6. The highest BCUT2D eigenvalue weighted by atomic mass is 19.4. The molecule has 128 valence electrons. The Balaban J connectivity index is 1.92. The van der Waals surface area contributed by atoms with Crippen molar-refractivity contribution in [2.45, 2.75) is 6.18 Å². The van der Waals surface area contributed by atoms with Crippen LogP contribution in [0.1, 0.15) is 15.9 Å². The molecule has 7 heteroatoms. The van der Waals surface area contributed by atoms with Gasteiger partial charge in [-0.3, -0.25) is 0 Å². The van der Waals surface area contributed by atoms with Crippen LogP contribution >= 0.6 is 0 Å². The SMILES string of the molecule is COC(=O)c1ccc2c(Oc3ccc(C(F)(F)F)cc3)nccc2c1. The Morgan fingerprint density at radius 2 is 1.76 bits per heavy atom. The zero-order chi connectivity index (χ0) is 18.0. The molecule has 0 aliphatic carbocycles. The van der Waals surface area contributed by atoms with Gasteiger partial charge in [-0.15, -0.1) is 0 Å². The molecule has 0 bridgehead atoms. The Hall–Kier alpha value is -3.09. The van der Waals surface area contributed by atoms with Crippen LogP contribution in [0.2, 0.25) is 0 Å². The number of hydrogen-bond donors (Lipinski definition) is 0. The van der Waals surface area contributed by atoms with Crippen LogP contribution in [0.4, 0.5) is 13.2 Å². The summed E-state index contributed by atoms with van der Waals surface area (Å²) >= 11 is 0. The number of rotatable bonds is 3. The van der Waals surface area contributed by atoms with E-state index in [1.807, 2.05) is 0 Å². The van der Waals surface area contributed by atoms with E-state index in [9.17, 15) is 18.0 Å². The van der Waals surface area contributed by atoms with Crippen molar-refractivity contribution in [2.24, 2.45) is 0 Å². The monoisotopic (exact) mass is 347 g/mol. The smallest absolute Gasteiger partial charge is 0.416 e. The van der Waals surface area contributed by atoms with E-state index in [1.54, 1.807) is 24.3 Å². The van der Waals surface area contributed by atoms with Gasteiger partial charge < -0.3 is 9.47 Å². The van der Waals surface area contributed by atoms with Crippen LogP contribution in [0.15, 0.2) is 54.7 Å². The van der Waals surface area contributed by atoms with Crippen LogP contribution in [-0.4, -0.2) is 18.1 Å². The van der Waals surface area contributed by atoms with Crippen molar-refractivity contribution in [3.63, 3.8) is 0 Å². The number of hydrogen-bond acceptors (Lipinski definition) is 4. The van der Waals surface area contributed by atoms with Gasteiger partial charge in [0.2, 0.25) is 5.88 Å². The van der Waals surface area contributed by atoms with Crippen LogP contribution in [0.25, 0.3) is 10.8 Å². The lowest BCUT2D eigenvalue weighted by molar-refractivity contribution is -0.137. The Morgan fingerprint density at radius 1 is 1.04 bits per heavy atom. The van der Waals surface area contributed by atoms with Crippen molar-refractivity contribution in [2.75, 3.05) is 7.11 Å². The average Bonchev–Trinajstić information content (AvgIpc) is 2.60. The molecule has 2 aromatic carbocycles. The van der Waals surface area contributed by atoms with Gasteiger partial charge in [-0.05, 0) is 53.9 Å². The van der Waals surface area contributed by atoms with E-state index in [0.717, 1.165) is 12.1 Å². The molecule has 3 aromatic rings. The number of esters is 1. The van der Waals surface area contributed by atoms with Gasteiger partial charge in [0.25, 0.3) is 0 Å². The Bertz CT molecular complexity index is 921. The van der Waals surface area contributed by atoms with Gasteiger partial charge >= 0.3 is 12.1 Å². The van der Waals surface area contributed by atoms with Gasteiger partial charge in [-0.25, -0.2) is 9.78 Å². The van der Waals surface area contributed by atoms with Crippen LogP contribution in [-0.2, 0) is 10.9 Å². The lowest BCUT2D eigenvalue weighted by atomic mass is 10.1. The Morgan fingerprint density at radius 3 is 2.40 bits per heavy atom. The van der Waals surface area contributed by atoms with Crippen molar-refractivity contribution in [1.29, 1.82) is 0 Å². The first-order valence-electron chi connectivity index (χ1n) is 7.20. The molecule has 0 atom stereocenters. The molecule has 0 aliphatic rings. The molecule has 0 spiro atoms. The third kappa shape index (κ3) is 3.55. The fraction of sp³-hybridized carbons (Fsp3) is 0.111. The first-order valence-corrected chi connectivity index (χ1v) is 7.20. The molecule has 0 radical (unpaired) electrons. The standard InChI is InChI=1S/C18H12F3NO3/c1-24-17(23)12-2-7-15-11(10-12)8-9-22-16(15)25-14-5-3-13(4-6-14)18(19,20)21/h2-10H,1H3. The quantitative estimate of drug-likeness (QED) is 0.637. The van der Waals surface area contributed by atoms with Crippen molar-refractivity contribution < 1.29 is 27.4 Å². The van der Waals surface area contributed by atoms with Gasteiger partial charge in [0.05, 0.1) is 18.2 Å². The second-order valence-corrected chi connectivity index (χ2v) is 5.17. The summed E-state index contributed by atoms with van der Waals surface area (Å²) in [5, 5.41) is 1.31. The van der Waals surface area contributed by atoms with Crippen molar-refractivity contribution in [1.82, 2.24) is 4.98 Å². The number of benzene rings is 2. The number of aromatic nitrogens is 1. The van der Waals surface area contributed by atoms with E-state index in [2.05, 4.69) is 9.72 Å². The number of fused-ring (bicyclic) bond motifs is 1. The summed E-state index contributed by atoms with van der Waals surface area (Å²) in [7, 11) is 1.29. The normalized spacial score (nSPS) is 11.4. The van der Waals surface area contributed by atoms with E-state index in [4.69, 9.17) is 4.74 Å². The molecule has 0 N–H and O–H groups in total. The first kappa shape index (κ1) is 16.8. The van der Waals surface area contributed by atoms with Gasteiger partial charge in [0, 0.05) is 11.6 Å². The highest BCUT2D eigenvalue weighted by Gasteiger charge is 2.30. The van der Waals surface area contributed by atoms with Gasteiger partial charge in [-0.2, -0.15) is 13.2 Å². The largest absolute Gasteiger partial charge is 0.465 e. The summed E-state index contributed by atoms with van der Waals surface area (Å²) in [5.41, 5.74) is -0.380. The topological polar surface area (TPSA) is 48.4 Å². The average molecular weight is 347 g/mol. The lowest BCUT2D eigenvalue weighted by Gasteiger charge is -2.10. The van der Waals surface area contributed by atoms with Gasteiger partial charge in [-0.1, -0.05) is 0 Å². The minimum Gasteiger partial charge on any atom is -0.465 e. The van der Waals surface area contributed by atoms with Crippen molar-refractivity contribution in [3.8, 4) is 11.6 Å². The second-order valence-electron chi connectivity index (χ2n) is 5.17. The Kier molecular flexibility index (Phi) is 4.31. The highest BCUT2D eigenvalue weighted by Crippen LogP contribution is 2.32. The number of carbonyl (C=O) groups is 1. The molecule has 3 rings (SSSR count). The molecular formula is C18H12F3NO3. The summed E-state index contributed by atoms with van der Waals surface area (Å²) in [4.78, 5) is 15.7. The maximum atomic E-state index is 12.6. The maximum Gasteiger partial charge on any atom is 0.416 e. The number of ether oxygens (including phenoxy) is 2. The summed E-state index contributed by atoms with van der Waals surface area (Å²) in [6, 6.07) is 10.9. The van der Waals surface area contributed by atoms with Crippen LogP contribution in [0, 0.1) is 0 Å². The van der Waals surface area contributed by atoms with E-state index >= 15 is 0 Å². The molecule has 25 heavy (non-hydrogen) atoms. The van der Waals surface area contributed by atoms with E-state index < -0.39 is 17.7 Å². The number of nitrogens with zero attached hydrogens (tertiary/aromatic N) is 1. The summed E-state index contributed by atoms with van der Waals surface area (Å²) < 4.78 is 48.1. The van der Waals surface area contributed by atoms with Gasteiger partial charge in [0.15, 0.2) is 0 Å². The predicted octanol–water partition coefficient (Wildman–Crippen LogP) is 4.83. The molecule has 0 saturated carbocycles. The molecule has 4 nitrogen and oxygen atoms in total. The van der Waals surface area contributed by atoms with Gasteiger partial charge in [0.1, 0.15) is 5.75 Å². The zero-order valence-electron chi connectivity index (χ0n) is 13.0.